The van der Waals surface area contributed by atoms with Crippen molar-refractivity contribution in [3.63, 3.8) is 0 Å². The van der Waals surface area contributed by atoms with Crippen molar-refractivity contribution >= 4 is 15.9 Å². The topological polar surface area (TPSA) is 36.9 Å². The number of hydrogen-bond donors (Lipinski definition) is 0. The van der Waals surface area contributed by atoms with Crippen LogP contribution in [0.2, 0.25) is 0 Å². The summed E-state index contributed by atoms with van der Waals surface area (Å²) in [6.07, 6.45) is 1.63. The average Bonchev–Trinajstić information content (AvgIpc) is 2.62. The highest BCUT2D eigenvalue weighted by Crippen LogP contribution is 2.39. The van der Waals surface area contributed by atoms with E-state index in [2.05, 4.69) is 22.0 Å². The Hall–Kier alpha value is -1.72. The van der Waals surface area contributed by atoms with Gasteiger partial charge >= 0.3 is 0 Å². The lowest BCUT2D eigenvalue weighted by molar-refractivity contribution is 0.0423. The summed E-state index contributed by atoms with van der Waals surface area (Å²) in [5.74, 6) is 2.34. The van der Waals surface area contributed by atoms with Crippen molar-refractivity contribution in [2.45, 2.75) is 18.9 Å². The molecule has 3 rings (SSSR count). The number of methoxy groups -OCH3 is 3. The molecule has 0 saturated heterocycles. The van der Waals surface area contributed by atoms with E-state index >= 15 is 0 Å². The summed E-state index contributed by atoms with van der Waals surface area (Å²) in [6.45, 7) is 0.703. The molecule has 1 aliphatic rings. The van der Waals surface area contributed by atoms with Gasteiger partial charge in [-0.3, -0.25) is 0 Å². The fourth-order valence-electron chi connectivity index (χ4n) is 3.06. The zero-order chi connectivity index (χ0) is 17.1. The summed E-state index contributed by atoms with van der Waals surface area (Å²) in [6, 6.07) is 10.1. The number of fused-ring (bicyclic) bond motifs is 1. The third-order valence-electron chi connectivity index (χ3n) is 4.34. The molecule has 0 aliphatic carbocycles. The van der Waals surface area contributed by atoms with Crippen LogP contribution < -0.4 is 14.2 Å². The highest BCUT2D eigenvalue weighted by molar-refractivity contribution is 9.10. The third-order valence-corrected chi connectivity index (χ3v) is 5.11. The van der Waals surface area contributed by atoms with E-state index in [0.717, 1.165) is 45.7 Å². The molecule has 24 heavy (non-hydrogen) atoms. The average molecular weight is 393 g/mol. The van der Waals surface area contributed by atoms with Crippen molar-refractivity contribution in [3.8, 4) is 17.2 Å². The zero-order valence-electron chi connectivity index (χ0n) is 14.1. The molecular formula is C19H21BrO4. The molecule has 0 N–H and O–H groups in total. The van der Waals surface area contributed by atoms with Crippen molar-refractivity contribution in [3.05, 3.63) is 51.5 Å². The summed E-state index contributed by atoms with van der Waals surface area (Å²) in [5, 5.41) is 0. The largest absolute Gasteiger partial charge is 0.497 e. The summed E-state index contributed by atoms with van der Waals surface area (Å²) >= 11 is 3.62. The first-order chi connectivity index (χ1) is 11.7. The molecule has 1 atom stereocenters. The van der Waals surface area contributed by atoms with Crippen LogP contribution in [0.5, 0.6) is 17.2 Å². The number of rotatable bonds is 5. The van der Waals surface area contributed by atoms with E-state index in [4.69, 9.17) is 18.9 Å². The summed E-state index contributed by atoms with van der Waals surface area (Å²) < 4.78 is 23.3. The van der Waals surface area contributed by atoms with Gasteiger partial charge in [-0.05, 0) is 53.4 Å². The van der Waals surface area contributed by atoms with E-state index in [1.807, 2.05) is 24.3 Å². The first-order valence-corrected chi connectivity index (χ1v) is 8.64. The van der Waals surface area contributed by atoms with Crippen LogP contribution in [0.15, 0.2) is 34.8 Å². The first-order valence-electron chi connectivity index (χ1n) is 7.85. The van der Waals surface area contributed by atoms with Crippen molar-refractivity contribution in [2.75, 3.05) is 27.9 Å². The molecule has 2 aromatic rings. The Bertz CT molecular complexity index is 730. The molecule has 0 bridgehead atoms. The highest BCUT2D eigenvalue weighted by Gasteiger charge is 2.24. The lowest BCUT2D eigenvalue weighted by atomic mass is 9.92. The van der Waals surface area contributed by atoms with Crippen LogP contribution in [0.3, 0.4) is 0 Å². The molecule has 0 spiro atoms. The smallest absolute Gasteiger partial charge is 0.161 e. The normalized spacial score (nSPS) is 16.4. The summed E-state index contributed by atoms with van der Waals surface area (Å²) in [7, 11) is 4.99. The van der Waals surface area contributed by atoms with Gasteiger partial charge in [-0.25, -0.2) is 0 Å². The van der Waals surface area contributed by atoms with Crippen LogP contribution in [0.1, 0.15) is 22.8 Å². The fraction of sp³-hybridized carbons (Fsp3) is 0.368. The van der Waals surface area contributed by atoms with Gasteiger partial charge in [-0.1, -0.05) is 15.9 Å². The predicted molar refractivity (Wildman–Crippen MR) is 96.3 cm³/mol. The van der Waals surface area contributed by atoms with E-state index < -0.39 is 0 Å². The molecular weight excluding hydrogens is 372 g/mol. The van der Waals surface area contributed by atoms with E-state index in [9.17, 15) is 0 Å². The molecule has 5 heteroatoms. The van der Waals surface area contributed by atoms with Gasteiger partial charge in [0.1, 0.15) is 5.75 Å². The van der Waals surface area contributed by atoms with Crippen LogP contribution >= 0.6 is 15.9 Å². The predicted octanol–water partition coefficient (Wildman–Crippen LogP) is 4.33. The Balaban J connectivity index is 1.95. The number of benzene rings is 2. The van der Waals surface area contributed by atoms with Crippen LogP contribution in [0, 0.1) is 0 Å². The van der Waals surface area contributed by atoms with Gasteiger partial charge in [0.05, 0.1) is 34.0 Å². The molecule has 1 heterocycles. The molecule has 0 aromatic heterocycles. The standard InChI is InChI=1S/C19H21BrO4/c1-21-14-4-5-16(20)13(8-14)10-17-15-11-19(23-3)18(22-2)9-12(15)6-7-24-17/h4-5,8-9,11,17H,6-7,10H2,1-3H3/t17-/m0/s1. The minimum Gasteiger partial charge on any atom is -0.497 e. The summed E-state index contributed by atoms with van der Waals surface area (Å²) in [5.41, 5.74) is 3.57. The minimum atomic E-state index is -0.0167. The van der Waals surface area contributed by atoms with Crippen molar-refractivity contribution in [2.24, 2.45) is 0 Å². The molecule has 1 aliphatic heterocycles. The van der Waals surface area contributed by atoms with Crippen LogP contribution in [-0.2, 0) is 17.6 Å². The van der Waals surface area contributed by atoms with E-state index in [1.54, 1.807) is 21.3 Å². The van der Waals surface area contributed by atoms with Gasteiger partial charge in [0, 0.05) is 10.9 Å². The van der Waals surface area contributed by atoms with Crippen molar-refractivity contribution < 1.29 is 18.9 Å². The van der Waals surface area contributed by atoms with Gasteiger partial charge < -0.3 is 18.9 Å². The van der Waals surface area contributed by atoms with Crippen molar-refractivity contribution in [1.29, 1.82) is 0 Å². The quantitative estimate of drug-likeness (QED) is 0.758. The van der Waals surface area contributed by atoms with Gasteiger partial charge in [0.15, 0.2) is 11.5 Å². The molecule has 4 nitrogen and oxygen atoms in total. The Morgan fingerprint density at radius 1 is 1.04 bits per heavy atom. The zero-order valence-corrected chi connectivity index (χ0v) is 15.7. The SMILES string of the molecule is COc1ccc(Br)c(C[C@@H]2OCCc3cc(OC)c(OC)cc32)c1. The van der Waals surface area contributed by atoms with E-state index in [0.29, 0.717) is 6.61 Å². The number of ether oxygens (including phenoxy) is 4. The van der Waals surface area contributed by atoms with Crippen molar-refractivity contribution in [1.82, 2.24) is 0 Å². The Labute approximate surface area is 150 Å². The molecule has 2 aromatic carbocycles. The Morgan fingerprint density at radius 3 is 2.50 bits per heavy atom. The lowest BCUT2D eigenvalue weighted by Crippen LogP contribution is -2.18. The van der Waals surface area contributed by atoms with Gasteiger partial charge in [-0.15, -0.1) is 0 Å². The maximum Gasteiger partial charge on any atom is 0.161 e. The lowest BCUT2D eigenvalue weighted by Gasteiger charge is -2.28. The molecule has 0 amide bonds. The number of halogens is 1. The highest BCUT2D eigenvalue weighted by atomic mass is 79.9. The molecule has 0 radical (unpaired) electrons. The first kappa shape index (κ1) is 17.1. The monoisotopic (exact) mass is 392 g/mol. The van der Waals surface area contributed by atoms with Crippen LogP contribution in [0.25, 0.3) is 0 Å². The Kier molecular flexibility index (Phi) is 5.31. The second-order valence-corrected chi connectivity index (χ2v) is 6.53. The Morgan fingerprint density at radius 2 is 1.79 bits per heavy atom. The second kappa shape index (κ2) is 7.45. The molecule has 0 unspecified atom stereocenters. The maximum absolute atomic E-state index is 6.05. The van der Waals surface area contributed by atoms with Gasteiger partial charge in [0.25, 0.3) is 0 Å². The van der Waals surface area contributed by atoms with Gasteiger partial charge in [0.2, 0.25) is 0 Å². The molecule has 0 fully saturated rings. The van der Waals surface area contributed by atoms with E-state index in [1.165, 1.54) is 5.56 Å². The maximum atomic E-state index is 6.05. The van der Waals surface area contributed by atoms with Crippen LogP contribution in [0.4, 0.5) is 0 Å². The number of hydrogen-bond acceptors (Lipinski definition) is 4. The fourth-order valence-corrected chi connectivity index (χ4v) is 3.47. The molecule has 0 saturated carbocycles. The third kappa shape index (κ3) is 3.37. The second-order valence-electron chi connectivity index (χ2n) is 5.68. The summed E-state index contributed by atoms with van der Waals surface area (Å²) in [4.78, 5) is 0. The van der Waals surface area contributed by atoms with E-state index in [-0.39, 0.29) is 6.10 Å². The van der Waals surface area contributed by atoms with Crippen LogP contribution in [-0.4, -0.2) is 27.9 Å². The minimum absolute atomic E-state index is 0.0167. The molecule has 128 valence electrons. The van der Waals surface area contributed by atoms with Gasteiger partial charge in [-0.2, -0.15) is 0 Å².